The van der Waals surface area contributed by atoms with Gasteiger partial charge in [0.15, 0.2) is 0 Å². The largest absolute Gasteiger partial charge is 0.362 e. The summed E-state index contributed by atoms with van der Waals surface area (Å²) in [5.41, 5.74) is 2.22. The van der Waals surface area contributed by atoms with Crippen molar-refractivity contribution in [2.75, 3.05) is 0 Å². The number of rotatable bonds is 3. The molecule has 1 heterocycles. The Balaban J connectivity index is 2.75. The van der Waals surface area contributed by atoms with Gasteiger partial charge in [-0.2, -0.15) is 0 Å². The van der Waals surface area contributed by atoms with Crippen molar-refractivity contribution in [3.05, 3.63) is 35.5 Å². The third kappa shape index (κ3) is 1.91. The summed E-state index contributed by atoms with van der Waals surface area (Å²) in [5, 5.41) is 38.8. The number of hydrogen-bond donors (Lipinski definition) is 4. The van der Waals surface area contributed by atoms with Gasteiger partial charge in [0.25, 0.3) is 0 Å². The quantitative estimate of drug-likeness (QED) is 0.595. The first-order valence-electron chi connectivity index (χ1n) is 5.80. The van der Waals surface area contributed by atoms with Crippen molar-refractivity contribution in [3.63, 3.8) is 0 Å². The minimum atomic E-state index is -2.73. The van der Waals surface area contributed by atoms with Crippen molar-refractivity contribution >= 4 is 10.9 Å². The van der Waals surface area contributed by atoms with Crippen LogP contribution in [-0.4, -0.2) is 31.3 Å². The normalized spacial score (nSPS) is 12.6. The molecule has 0 atom stereocenters. The Morgan fingerprint density at radius 1 is 1.22 bits per heavy atom. The molecule has 5 heteroatoms. The highest BCUT2D eigenvalue weighted by molar-refractivity contribution is 5.82. The lowest BCUT2D eigenvalue weighted by Crippen LogP contribution is -2.45. The van der Waals surface area contributed by atoms with Crippen molar-refractivity contribution < 1.29 is 20.4 Å². The van der Waals surface area contributed by atoms with Gasteiger partial charge in [-0.3, -0.25) is 4.57 Å². The van der Waals surface area contributed by atoms with Gasteiger partial charge in [-0.25, -0.2) is 0 Å². The van der Waals surface area contributed by atoms with Crippen LogP contribution >= 0.6 is 0 Å². The second kappa shape index (κ2) is 4.37. The van der Waals surface area contributed by atoms with Gasteiger partial charge in [-0.15, -0.1) is 0 Å². The molecule has 0 unspecified atom stereocenters. The van der Waals surface area contributed by atoms with Gasteiger partial charge in [-0.05, 0) is 31.5 Å². The summed E-state index contributed by atoms with van der Waals surface area (Å²) in [6.45, 7) is 3.80. The van der Waals surface area contributed by atoms with Crippen LogP contribution < -0.4 is 0 Å². The fraction of sp³-hybridized carbons (Fsp3) is 0.385. The summed E-state index contributed by atoms with van der Waals surface area (Å²) in [6, 6.07) is 7.28. The van der Waals surface area contributed by atoms with Gasteiger partial charge in [0, 0.05) is 11.1 Å². The number of aliphatic hydroxyl groups is 4. The van der Waals surface area contributed by atoms with E-state index < -0.39 is 12.2 Å². The highest BCUT2D eigenvalue weighted by Crippen LogP contribution is 2.27. The van der Waals surface area contributed by atoms with E-state index in [-0.39, 0.29) is 0 Å². The zero-order valence-corrected chi connectivity index (χ0v) is 10.3. The third-order valence-electron chi connectivity index (χ3n) is 3.07. The molecule has 0 bridgehead atoms. The Morgan fingerprint density at radius 3 is 2.44 bits per heavy atom. The Labute approximate surface area is 105 Å². The Bertz CT molecular complexity index is 572. The average Bonchev–Trinajstić information content (AvgIpc) is 2.66. The molecule has 0 saturated heterocycles. The number of aryl methyl sites for hydroxylation is 2. The molecule has 0 aliphatic heterocycles. The number of benzene rings is 1. The summed E-state index contributed by atoms with van der Waals surface area (Å²) >= 11 is 0. The molecule has 0 spiro atoms. The molecule has 2 rings (SSSR count). The standard InChI is InChI=1S/C13H17NO4/c1-3-10-7-9-6-8(2)4-5-11(9)14(10)13(17,18)12(15)16/h4-7,12,15-18H,3H2,1-2H3. The van der Waals surface area contributed by atoms with Crippen LogP contribution in [0.15, 0.2) is 24.3 Å². The van der Waals surface area contributed by atoms with Crippen LogP contribution in [0.5, 0.6) is 0 Å². The van der Waals surface area contributed by atoms with Crippen molar-refractivity contribution in [2.45, 2.75) is 32.5 Å². The Morgan fingerprint density at radius 2 is 1.89 bits per heavy atom. The van der Waals surface area contributed by atoms with Gasteiger partial charge in [0.2, 0.25) is 6.29 Å². The molecule has 5 nitrogen and oxygen atoms in total. The first-order chi connectivity index (χ1) is 8.37. The number of hydrogen-bond acceptors (Lipinski definition) is 4. The molecule has 98 valence electrons. The molecule has 0 fully saturated rings. The molecule has 18 heavy (non-hydrogen) atoms. The lowest BCUT2D eigenvalue weighted by molar-refractivity contribution is -0.339. The third-order valence-corrected chi connectivity index (χ3v) is 3.07. The monoisotopic (exact) mass is 251 g/mol. The van der Waals surface area contributed by atoms with E-state index in [1.807, 2.05) is 32.0 Å². The molecule has 2 aromatic rings. The van der Waals surface area contributed by atoms with Crippen LogP contribution in [0.3, 0.4) is 0 Å². The Hall–Kier alpha value is -1.40. The lowest BCUT2D eigenvalue weighted by Gasteiger charge is -2.28. The van der Waals surface area contributed by atoms with Gasteiger partial charge in [-0.1, -0.05) is 18.6 Å². The van der Waals surface area contributed by atoms with E-state index in [2.05, 4.69) is 0 Å². The molecule has 0 aliphatic rings. The molecule has 0 saturated carbocycles. The highest BCUT2D eigenvalue weighted by Gasteiger charge is 2.36. The number of nitrogens with zero attached hydrogens (tertiary/aromatic N) is 1. The van der Waals surface area contributed by atoms with Crippen LogP contribution in [0, 0.1) is 6.92 Å². The van der Waals surface area contributed by atoms with Crippen LogP contribution in [-0.2, 0) is 12.3 Å². The predicted octanol–water partition coefficient (Wildman–Crippen LogP) is 0.418. The van der Waals surface area contributed by atoms with Gasteiger partial charge < -0.3 is 20.4 Å². The topological polar surface area (TPSA) is 85.9 Å². The smallest absolute Gasteiger partial charge is 0.304 e. The van der Waals surface area contributed by atoms with E-state index in [1.54, 1.807) is 6.07 Å². The fourth-order valence-corrected chi connectivity index (χ4v) is 2.16. The molecular weight excluding hydrogens is 234 g/mol. The SMILES string of the molecule is CCc1cc2cc(C)ccc2n1C(O)(O)C(O)O. The minimum absolute atomic E-state index is 0.545. The summed E-state index contributed by atoms with van der Waals surface area (Å²) in [6.07, 6.45) is -1.73. The molecule has 0 amide bonds. The van der Waals surface area contributed by atoms with Gasteiger partial charge >= 0.3 is 5.91 Å². The van der Waals surface area contributed by atoms with E-state index in [1.165, 1.54) is 0 Å². The maximum Gasteiger partial charge on any atom is 0.304 e. The van der Waals surface area contributed by atoms with Gasteiger partial charge in [0.1, 0.15) is 0 Å². The zero-order chi connectivity index (χ0) is 13.5. The second-order valence-electron chi connectivity index (χ2n) is 4.45. The first kappa shape index (κ1) is 13.0. The maximum absolute atomic E-state index is 9.85. The van der Waals surface area contributed by atoms with Crippen LogP contribution in [0.2, 0.25) is 0 Å². The average molecular weight is 251 g/mol. The van der Waals surface area contributed by atoms with Gasteiger partial charge in [0.05, 0.1) is 5.52 Å². The summed E-state index contributed by atoms with van der Waals surface area (Å²) in [5.74, 6) is -2.73. The van der Waals surface area contributed by atoms with E-state index >= 15 is 0 Å². The van der Waals surface area contributed by atoms with E-state index in [9.17, 15) is 10.2 Å². The number of aromatic nitrogens is 1. The molecule has 4 N–H and O–H groups in total. The predicted molar refractivity (Wildman–Crippen MR) is 66.7 cm³/mol. The molecular formula is C13H17NO4. The molecule has 1 aromatic heterocycles. The Kier molecular flexibility index (Phi) is 3.16. The van der Waals surface area contributed by atoms with Crippen molar-refractivity contribution in [2.24, 2.45) is 0 Å². The first-order valence-corrected chi connectivity index (χ1v) is 5.80. The van der Waals surface area contributed by atoms with Crippen LogP contribution in [0.4, 0.5) is 0 Å². The number of aliphatic hydroxyl groups excluding tert-OH is 1. The summed E-state index contributed by atoms with van der Waals surface area (Å²) < 4.78 is 1.15. The summed E-state index contributed by atoms with van der Waals surface area (Å²) in [4.78, 5) is 0. The van der Waals surface area contributed by atoms with Crippen LogP contribution in [0.1, 0.15) is 18.2 Å². The summed E-state index contributed by atoms with van der Waals surface area (Å²) in [7, 11) is 0. The van der Waals surface area contributed by atoms with Crippen molar-refractivity contribution in [1.82, 2.24) is 4.57 Å². The fourth-order valence-electron chi connectivity index (χ4n) is 2.16. The second-order valence-corrected chi connectivity index (χ2v) is 4.45. The lowest BCUT2D eigenvalue weighted by atomic mass is 10.2. The molecule has 0 radical (unpaired) electrons. The van der Waals surface area contributed by atoms with E-state index in [0.29, 0.717) is 17.6 Å². The number of fused-ring (bicyclic) bond motifs is 1. The van der Waals surface area contributed by atoms with Crippen molar-refractivity contribution in [1.29, 1.82) is 0 Å². The van der Waals surface area contributed by atoms with Crippen molar-refractivity contribution in [3.8, 4) is 0 Å². The van der Waals surface area contributed by atoms with E-state index in [0.717, 1.165) is 15.5 Å². The molecule has 0 aliphatic carbocycles. The zero-order valence-electron chi connectivity index (χ0n) is 10.3. The minimum Gasteiger partial charge on any atom is -0.362 e. The molecule has 1 aromatic carbocycles. The van der Waals surface area contributed by atoms with E-state index in [4.69, 9.17) is 10.2 Å². The highest BCUT2D eigenvalue weighted by atomic mass is 16.6. The van der Waals surface area contributed by atoms with Crippen LogP contribution in [0.25, 0.3) is 10.9 Å². The maximum atomic E-state index is 9.85.